The molecule has 5 nitrogen and oxygen atoms in total. The van der Waals surface area contributed by atoms with Gasteiger partial charge in [0.1, 0.15) is 11.7 Å². The van der Waals surface area contributed by atoms with Crippen LogP contribution in [-0.2, 0) is 16.6 Å². The maximum absolute atomic E-state index is 12.3. The number of aromatic nitrogens is 1. The van der Waals surface area contributed by atoms with Gasteiger partial charge in [0.15, 0.2) is 0 Å². The van der Waals surface area contributed by atoms with E-state index in [9.17, 15) is 14.7 Å². The van der Waals surface area contributed by atoms with Gasteiger partial charge in [-0.2, -0.15) is 0 Å². The Morgan fingerprint density at radius 2 is 1.91 bits per heavy atom. The predicted octanol–water partition coefficient (Wildman–Crippen LogP) is 2.87. The van der Waals surface area contributed by atoms with E-state index in [2.05, 4.69) is 10.3 Å². The monoisotopic (exact) mass is 332 g/mol. The number of hydrogen-bond acceptors (Lipinski definition) is 4. The van der Waals surface area contributed by atoms with E-state index in [-0.39, 0.29) is 17.5 Å². The van der Waals surface area contributed by atoms with E-state index in [1.807, 2.05) is 51.1 Å². The summed E-state index contributed by atoms with van der Waals surface area (Å²) in [6, 6.07) is 8.23. The van der Waals surface area contributed by atoms with Crippen molar-refractivity contribution < 1.29 is 14.7 Å². The van der Waals surface area contributed by atoms with Crippen molar-refractivity contribution in [1.29, 1.82) is 0 Å². The molecule has 1 aromatic carbocycles. The number of thiazole rings is 1. The number of nitrogens with one attached hydrogen (secondary N) is 1. The lowest BCUT2D eigenvalue weighted by atomic mass is 9.98. The average Bonchev–Trinajstić information content (AvgIpc) is 2.97. The van der Waals surface area contributed by atoms with Gasteiger partial charge in [-0.05, 0) is 5.56 Å². The number of aliphatic carboxylic acids is 1. The van der Waals surface area contributed by atoms with E-state index in [1.54, 1.807) is 5.38 Å². The molecule has 1 atom stereocenters. The maximum Gasteiger partial charge on any atom is 0.326 e. The molecule has 0 aliphatic carbocycles. The molecule has 2 aromatic rings. The van der Waals surface area contributed by atoms with Crippen molar-refractivity contribution in [1.82, 2.24) is 10.3 Å². The predicted molar refractivity (Wildman–Crippen MR) is 89.9 cm³/mol. The molecule has 0 bridgehead atoms. The topological polar surface area (TPSA) is 79.3 Å². The fourth-order valence-electron chi connectivity index (χ4n) is 2.00. The smallest absolute Gasteiger partial charge is 0.326 e. The van der Waals surface area contributed by atoms with Gasteiger partial charge in [0, 0.05) is 17.2 Å². The molecule has 0 spiro atoms. The minimum Gasteiger partial charge on any atom is -0.480 e. The number of carbonyl (C=O) groups is 2. The molecule has 0 saturated carbocycles. The van der Waals surface area contributed by atoms with Crippen LogP contribution >= 0.6 is 11.3 Å². The van der Waals surface area contributed by atoms with Gasteiger partial charge in [0.2, 0.25) is 0 Å². The largest absolute Gasteiger partial charge is 0.480 e. The zero-order valence-electron chi connectivity index (χ0n) is 13.4. The summed E-state index contributed by atoms with van der Waals surface area (Å²) in [4.78, 5) is 28.0. The summed E-state index contributed by atoms with van der Waals surface area (Å²) in [5.41, 5.74) is 0.979. The van der Waals surface area contributed by atoms with Gasteiger partial charge in [-0.15, -0.1) is 11.3 Å². The quantitative estimate of drug-likeness (QED) is 0.882. The van der Waals surface area contributed by atoms with Crippen LogP contribution in [0.2, 0.25) is 0 Å². The Balaban J connectivity index is 2.09. The minimum absolute atomic E-state index is 0.139. The first-order valence-electron chi connectivity index (χ1n) is 7.31. The Hall–Kier alpha value is -2.21. The molecule has 1 heterocycles. The van der Waals surface area contributed by atoms with Gasteiger partial charge in [-0.25, -0.2) is 9.78 Å². The van der Waals surface area contributed by atoms with Crippen LogP contribution in [0.25, 0.3) is 0 Å². The molecule has 0 fully saturated rings. The lowest BCUT2D eigenvalue weighted by Crippen LogP contribution is -2.42. The summed E-state index contributed by atoms with van der Waals surface area (Å²) in [7, 11) is 0. The van der Waals surface area contributed by atoms with Gasteiger partial charge in [0.25, 0.3) is 5.91 Å². The summed E-state index contributed by atoms with van der Waals surface area (Å²) in [6.45, 7) is 6.05. The van der Waals surface area contributed by atoms with Crippen molar-refractivity contribution in [3.05, 3.63) is 52.0 Å². The van der Waals surface area contributed by atoms with Crippen LogP contribution in [0.4, 0.5) is 0 Å². The molecular formula is C17H20N2O3S. The van der Waals surface area contributed by atoms with Crippen molar-refractivity contribution in [3.8, 4) is 0 Å². The molecular weight excluding hydrogens is 312 g/mol. The molecule has 2 rings (SSSR count). The molecule has 0 aliphatic rings. The Kier molecular flexibility index (Phi) is 5.15. The minimum atomic E-state index is -1.06. The fraction of sp³-hybridized carbons (Fsp3) is 0.353. The number of amides is 1. The molecule has 6 heteroatoms. The van der Waals surface area contributed by atoms with E-state index in [1.165, 1.54) is 11.3 Å². The van der Waals surface area contributed by atoms with E-state index < -0.39 is 17.9 Å². The van der Waals surface area contributed by atoms with E-state index in [4.69, 9.17) is 0 Å². The first-order valence-corrected chi connectivity index (χ1v) is 8.19. The lowest BCUT2D eigenvalue weighted by molar-refractivity contribution is -0.139. The number of hydrogen-bond donors (Lipinski definition) is 2. The van der Waals surface area contributed by atoms with Crippen LogP contribution in [0, 0.1) is 0 Å². The SMILES string of the molecule is CC(C)(C)c1nc(C(=O)NC(Cc2ccccc2)C(=O)O)cs1. The van der Waals surface area contributed by atoms with E-state index in [0.29, 0.717) is 0 Å². The summed E-state index contributed by atoms with van der Waals surface area (Å²) >= 11 is 1.40. The van der Waals surface area contributed by atoms with Crippen molar-refractivity contribution in [3.63, 3.8) is 0 Å². The second kappa shape index (κ2) is 6.91. The van der Waals surface area contributed by atoms with Gasteiger partial charge in [-0.1, -0.05) is 51.1 Å². The Morgan fingerprint density at radius 1 is 1.26 bits per heavy atom. The van der Waals surface area contributed by atoms with Gasteiger partial charge in [0.05, 0.1) is 5.01 Å². The highest BCUT2D eigenvalue weighted by Crippen LogP contribution is 2.25. The molecule has 122 valence electrons. The van der Waals surface area contributed by atoms with Crippen LogP contribution in [0.3, 0.4) is 0 Å². The number of carboxylic acids is 1. The number of carbonyl (C=O) groups excluding carboxylic acids is 1. The van der Waals surface area contributed by atoms with Gasteiger partial charge in [-0.3, -0.25) is 4.79 Å². The summed E-state index contributed by atoms with van der Waals surface area (Å²) in [5.74, 6) is -1.52. The van der Waals surface area contributed by atoms with E-state index in [0.717, 1.165) is 10.6 Å². The summed E-state index contributed by atoms with van der Waals surface area (Å²) in [6.07, 6.45) is 0.234. The fourth-order valence-corrected chi connectivity index (χ4v) is 2.89. The molecule has 0 radical (unpaired) electrons. The average molecular weight is 332 g/mol. The third-order valence-corrected chi connectivity index (χ3v) is 4.53. The van der Waals surface area contributed by atoms with Crippen LogP contribution in [0.5, 0.6) is 0 Å². The molecule has 0 saturated heterocycles. The van der Waals surface area contributed by atoms with Crippen molar-refractivity contribution in [2.45, 2.75) is 38.6 Å². The standard InChI is InChI=1S/C17H20N2O3S/c1-17(2,3)16-19-13(10-23-16)14(20)18-12(15(21)22)9-11-7-5-4-6-8-11/h4-8,10,12H,9H2,1-3H3,(H,18,20)(H,21,22). The second-order valence-electron chi connectivity index (χ2n) is 6.34. The van der Waals surface area contributed by atoms with Crippen LogP contribution in [-0.4, -0.2) is 28.0 Å². The highest BCUT2D eigenvalue weighted by Gasteiger charge is 2.24. The zero-order valence-corrected chi connectivity index (χ0v) is 14.2. The number of nitrogens with zero attached hydrogens (tertiary/aromatic N) is 1. The molecule has 2 N–H and O–H groups in total. The third-order valence-electron chi connectivity index (χ3n) is 3.26. The Bertz CT molecular complexity index is 689. The molecule has 1 amide bonds. The summed E-state index contributed by atoms with van der Waals surface area (Å²) < 4.78 is 0. The lowest BCUT2D eigenvalue weighted by Gasteiger charge is -2.15. The maximum atomic E-state index is 12.3. The van der Waals surface area contributed by atoms with Gasteiger partial charge < -0.3 is 10.4 Å². The van der Waals surface area contributed by atoms with Gasteiger partial charge >= 0.3 is 5.97 Å². The van der Waals surface area contributed by atoms with Crippen molar-refractivity contribution in [2.75, 3.05) is 0 Å². The highest BCUT2D eigenvalue weighted by atomic mass is 32.1. The Labute approximate surface area is 139 Å². The second-order valence-corrected chi connectivity index (χ2v) is 7.20. The van der Waals surface area contributed by atoms with Crippen LogP contribution < -0.4 is 5.32 Å². The first-order chi connectivity index (χ1) is 10.8. The van der Waals surface area contributed by atoms with Crippen molar-refractivity contribution >= 4 is 23.2 Å². The first kappa shape index (κ1) is 17.1. The van der Waals surface area contributed by atoms with E-state index >= 15 is 0 Å². The number of carboxylic acid groups (broad SMARTS) is 1. The summed E-state index contributed by atoms with van der Waals surface area (Å²) in [5, 5.41) is 14.4. The third kappa shape index (κ3) is 4.63. The highest BCUT2D eigenvalue weighted by molar-refractivity contribution is 7.10. The zero-order chi connectivity index (χ0) is 17.0. The van der Waals surface area contributed by atoms with Crippen LogP contribution in [0.1, 0.15) is 41.8 Å². The normalized spacial score (nSPS) is 12.7. The molecule has 0 aliphatic heterocycles. The number of benzene rings is 1. The molecule has 1 unspecified atom stereocenters. The molecule has 1 aromatic heterocycles. The van der Waals surface area contributed by atoms with Crippen molar-refractivity contribution in [2.24, 2.45) is 0 Å². The Morgan fingerprint density at radius 3 is 2.43 bits per heavy atom. The molecule has 23 heavy (non-hydrogen) atoms. The number of rotatable bonds is 5. The van der Waals surface area contributed by atoms with Crippen LogP contribution in [0.15, 0.2) is 35.7 Å².